The summed E-state index contributed by atoms with van der Waals surface area (Å²) in [5.74, 6) is -0.594. The second kappa shape index (κ2) is 5.44. The van der Waals surface area contributed by atoms with Crippen LogP contribution in [0.5, 0.6) is 0 Å². The van der Waals surface area contributed by atoms with E-state index in [9.17, 15) is 9.59 Å². The van der Waals surface area contributed by atoms with Gasteiger partial charge in [0.05, 0.1) is 30.9 Å². The molecule has 0 bridgehead atoms. The van der Waals surface area contributed by atoms with Gasteiger partial charge in [-0.05, 0) is 38.8 Å². The summed E-state index contributed by atoms with van der Waals surface area (Å²) >= 11 is 0. The topological polar surface area (TPSA) is 55.8 Å². The van der Waals surface area contributed by atoms with Crippen molar-refractivity contribution in [2.24, 2.45) is 5.92 Å². The summed E-state index contributed by atoms with van der Waals surface area (Å²) < 4.78 is 9.89. The number of fused-ring (bicyclic) bond motifs is 1. The first-order valence-corrected chi connectivity index (χ1v) is 7.83. The van der Waals surface area contributed by atoms with Gasteiger partial charge in [-0.25, -0.2) is 9.59 Å². The Hall–Kier alpha value is -1.36. The Morgan fingerprint density at radius 2 is 1.71 bits per heavy atom. The molecule has 2 atom stereocenters. The second-order valence-electron chi connectivity index (χ2n) is 6.19. The number of esters is 2. The molecule has 1 saturated carbocycles. The van der Waals surface area contributed by atoms with Crippen LogP contribution in [0.1, 0.15) is 38.5 Å². The standard InChI is InChI=1S/C16H23NO4/c1-20-14(18)12-11-7-3-4-8-16(11,13(12)15(19)21-2)17-9-5-6-10-17/h11H,3-10H2,1-2H3. The van der Waals surface area contributed by atoms with Crippen LogP contribution in [0.3, 0.4) is 0 Å². The predicted octanol–water partition coefficient (Wildman–Crippen LogP) is 1.67. The van der Waals surface area contributed by atoms with Gasteiger partial charge < -0.3 is 9.47 Å². The lowest BCUT2D eigenvalue weighted by molar-refractivity contribution is -0.146. The third-order valence-electron chi connectivity index (χ3n) is 5.39. The highest BCUT2D eigenvalue weighted by Gasteiger charge is 2.62. The molecular formula is C16H23NO4. The summed E-state index contributed by atoms with van der Waals surface area (Å²) in [4.78, 5) is 26.9. The maximum Gasteiger partial charge on any atom is 0.336 e. The predicted molar refractivity (Wildman–Crippen MR) is 76.6 cm³/mol. The highest BCUT2D eigenvalue weighted by atomic mass is 16.5. The normalized spacial score (nSPS) is 32.4. The van der Waals surface area contributed by atoms with Gasteiger partial charge in [0.1, 0.15) is 0 Å². The zero-order valence-corrected chi connectivity index (χ0v) is 12.8. The lowest BCUT2D eigenvalue weighted by Crippen LogP contribution is -2.65. The maximum atomic E-state index is 12.3. The molecule has 3 aliphatic rings. The number of ether oxygens (including phenoxy) is 2. The van der Waals surface area contributed by atoms with Crippen molar-refractivity contribution in [3.63, 3.8) is 0 Å². The van der Waals surface area contributed by atoms with E-state index < -0.39 is 0 Å². The van der Waals surface area contributed by atoms with Gasteiger partial charge in [-0.3, -0.25) is 4.90 Å². The molecule has 0 spiro atoms. The third-order valence-corrected chi connectivity index (χ3v) is 5.39. The smallest absolute Gasteiger partial charge is 0.336 e. The Bertz CT molecular complexity index is 493. The van der Waals surface area contributed by atoms with Crippen LogP contribution in [-0.4, -0.2) is 49.7 Å². The van der Waals surface area contributed by atoms with Crippen molar-refractivity contribution in [1.29, 1.82) is 0 Å². The largest absolute Gasteiger partial charge is 0.466 e. The van der Waals surface area contributed by atoms with Crippen molar-refractivity contribution in [3.05, 3.63) is 11.1 Å². The summed E-state index contributed by atoms with van der Waals surface area (Å²) in [6.07, 6.45) is 6.44. The number of carbonyl (C=O) groups excluding carboxylic acids is 2. The fourth-order valence-electron chi connectivity index (χ4n) is 4.56. The first-order valence-electron chi connectivity index (χ1n) is 7.83. The minimum Gasteiger partial charge on any atom is -0.466 e. The van der Waals surface area contributed by atoms with E-state index in [1.54, 1.807) is 0 Å². The van der Waals surface area contributed by atoms with Crippen molar-refractivity contribution in [2.75, 3.05) is 27.3 Å². The van der Waals surface area contributed by atoms with Crippen LogP contribution in [0.2, 0.25) is 0 Å². The van der Waals surface area contributed by atoms with Crippen LogP contribution >= 0.6 is 0 Å². The first kappa shape index (κ1) is 14.6. The lowest BCUT2D eigenvalue weighted by atomic mass is 9.54. The Balaban J connectivity index is 2.07. The van der Waals surface area contributed by atoms with Crippen molar-refractivity contribution >= 4 is 11.9 Å². The summed E-state index contributed by atoms with van der Waals surface area (Å²) in [6.45, 7) is 2.01. The molecule has 2 fully saturated rings. The molecule has 0 radical (unpaired) electrons. The average molecular weight is 293 g/mol. The zero-order chi connectivity index (χ0) is 15.0. The van der Waals surface area contributed by atoms with Gasteiger partial charge in [0, 0.05) is 5.92 Å². The van der Waals surface area contributed by atoms with Gasteiger partial charge >= 0.3 is 11.9 Å². The molecule has 21 heavy (non-hydrogen) atoms. The molecule has 1 aliphatic heterocycles. The first-order chi connectivity index (χ1) is 10.2. The van der Waals surface area contributed by atoms with Gasteiger partial charge in [0.15, 0.2) is 0 Å². The monoisotopic (exact) mass is 293 g/mol. The lowest BCUT2D eigenvalue weighted by Gasteiger charge is -2.57. The molecule has 3 rings (SSSR count). The molecule has 0 aromatic heterocycles. The van der Waals surface area contributed by atoms with Gasteiger partial charge in [0.25, 0.3) is 0 Å². The fraction of sp³-hybridized carbons (Fsp3) is 0.750. The second-order valence-corrected chi connectivity index (χ2v) is 6.19. The third kappa shape index (κ3) is 1.94. The van der Waals surface area contributed by atoms with Crippen molar-refractivity contribution in [2.45, 2.75) is 44.1 Å². The van der Waals surface area contributed by atoms with Crippen molar-refractivity contribution in [3.8, 4) is 0 Å². The van der Waals surface area contributed by atoms with E-state index in [1.807, 2.05) is 0 Å². The van der Waals surface area contributed by atoms with E-state index in [4.69, 9.17) is 9.47 Å². The van der Waals surface area contributed by atoms with Crippen LogP contribution in [0, 0.1) is 5.92 Å². The van der Waals surface area contributed by atoms with Gasteiger partial charge in [-0.2, -0.15) is 0 Å². The molecule has 2 unspecified atom stereocenters. The molecule has 1 saturated heterocycles. The molecule has 0 aromatic carbocycles. The number of methoxy groups -OCH3 is 2. The van der Waals surface area contributed by atoms with Gasteiger partial charge in [-0.1, -0.05) is 12.8 Å². The summed E-state index contributed by atoms with van der Waals surface area (Å²) in [5.41, 5.74) is 0.866. The van der Waals surface area contributed by atoms with E-state index in [0.717, 1.165) is 51.6 Å². The maximum absolute atomic E-state index is 12.3. The van der Waals surface area contributed by atoms with Crippen LogP contribution in [0.25, 0.3) is 0 Å². The molecule has 0 aromatic rings. The number of carbonyl (C=O) groups is 2. The Kier molecular flexibility index (Phi) is 3.78. The number of hydrogen-bond donors (Lipinski definition) is 0. The van der Waals surface area contributed by atoms with Crippen LogP contribution in [-0.2, 0) is 19.1 Å². The Morgan fingerprint density at radius 3 is 2.33 bits per heavy atom. The molecule has 2 aliphatic carbocycles. The molecule has 0 amide bonds. The number of likely N-dealkylation sites (tertiary alicyclic amines) is 1. The quantitative estimate of drug-likeness (QED) is 0.741. The van der Waals surface area contributed by atoms with Crippen molar-refractivity contribution in [1.82, 2.24) is 4.90 Å². The van der Waals surface area contributed by atoms with E-state index in [0.29, 0.717) is 11.1 Å². The summed E-state index contributed by atoms with van der Waals surface area (Å²) in [7, 11) is 2.76. The molecule has 0 N–H and O–H groups in total. The fourth-order valence-corrected chi connectivity index (χ4v) is 4.56. The highest BCUT2D eigenvalue weighted by Crippen LogP contribution is 2.57. The van der Waals surface area contributed by atoms with Crippen LogP contribution < -0.4 is 0 Å². The van der Waals surface area contributed by atoms with Gasteiger partial charge in [0.2, 0.25) is 0 Å². The highest BCUT2D eigenvalue weighted by molar-refractivity contribution is 6.06. The minimum absolute atomic E-state index is 0.130. The van der Waals surface area contributed by atoms with E-state index in [2.05, 4.69) is 4.90 Å². The minimum atomic E-state index is -0.364. The Labute approximate surface area is 125 Å². The van der Waals surface area contributed by atoms with Crippen LogP contribution in [0.15, 0.2) is 11.1 Å². The number of nitrogens with zero attached hydrogens (tertiary/aromatic N) is 1. The summed E-state index contributed by atoms with van der Waals surface area (Å²) in [5, 5.41) is 0. The van der Waals surface area contributed by atoms with Crippen molar-refractivity contribution < 1.29 is 19.1 Å². The number of rotatable bonds is 3. The molecular weight excluding hydrogens is 270 g/mol. The van der Waals surface area contributed by atoms with E-state index in [-0.39, 0.29) is 23.4 Å². The number of hydrogen-bond acceptors (Lipinski definition) is 5. The van der Waals surface area contributed by atoms with Crippen LogP contribution in [0.4, 0.5) is 0 Å². The summed E-state index contributed by atoms with van der Waals surface area (Å²) in [6, 6.07) is 0. The van der Waals surface area contributed by atoms with E-state index in [1.165, 1.54) is 14.2 Å². The van der Waals surface area contributed by atoms with Gasteiger partial charge in [-0.15, -0.1) is 0 Å². The van der Waals surface area contributed by atoms with E-state index >= 15 is 0 Å². The molecule has 116 valence electrons. The zero-order valence-electron chi connectivity index (χ0n) is 12.8. The molecule has 5 nitrogen and oxygen atoms in total. The SMILES string of the molecule is COC(=O)C1=C(C(=O)OC)C2(N3CCCC3)CCCCC12. The molecule has 5 heteroatoms. The average Bonchev–Trinajstić information content (AvgIpc) is 3.02. The molecule has 1 heterocycles. The Morgan fingerprint density at radius 1 is 1.05 bits per heavy atom.